The molecule has 1 aliphatic rings. The van der Waals surface area contributed by atoms with E-state index in [1.807, 2.05) is 12.1 Å². The molecule has 0 radical (unpaired) electrons. The highest BCUT2D eigenvalue weighted by atomic mass is 79.9. The van der Waals surface area contributed by atoms with E-state index in [2.05, 4.69) is 26.6 Å². The van der Waals surface area contributed by atoms with Gasteiger partial charge in [-0.25, -0.2) is 0 Å². The second-order valence-electron chi connectivity index (χ2n) is 3.64. The van der Waals surface area contributed by atoms with Gasteiger partial charge in [-0.05, 0) is 24.3 Å². The minimum Gasteiger partial charge on any atom is -0.326 e. The second kappa shape index (κ2) is 5.81. The lowest BCUT2D eigenvalue weighted by Crippen LogP contribution is -2.27. The van der Waals surface area contributed by atoms with E-state index in [1.165, 1.54) is 11.8 Å². The average molecular weight is 345 g/mol. The van der Waals surface area contributed by atoms with Crippen LogP contribution < -0.4 is 10.6 Å². The first-order valence-electron chi connectivity index (χ1n) is 5.11. The van der Waals surface area contributed by atoms with Gasteiger partial charge in [0.05, 0.1) is 5.25 Å². The summed E-state index contributed by atoms with van der Waals surface area (Å²) in [7, 11) is 0. The quantitative estimate of drug-likeness (QED) is 0.826. The van der Waals surface area contributed by atoms with Gasteiger partial charge >= 0.3 is 0 Å². The zero-order valence-electron chi connectivity index (χ0n) is 9.10. The fraction of sp³-hybridized carbons (Fsp3) is 0.182. The maximum Gasteiger partial charge on any atom is 0.239 e. The third-order valence-electron chi connectivity index (χ3n) is 2.27. The topological polar surface area (TPSA) is 58.2 Å². The predicted octanol–water partition coefficient (Wildman–Crippen LogP) is 2.29. The molecule has 4 nitrogen and oxygen atoms in total. The number of rotatable bonds is 3. The molecule has 2 rings (SSSR count). The summed E-state index contributed by atoms with van der Waals surface area (Å²) in [5.41, 5.74) is 0.703. The zero-order valence-corrected chi connectivity index (χ0v) is 12.3. The molecule has 0 bridgehead atoms. The number of hydrogen-bond donors (Lipinski definition) is 2. The van der Waals surface area contributed by atoms with Crippen LogP contribution in [0.15, 0.2) is 28.7 Å². The molecule has 0 saturated carbocycles. The molecule has 2 N–H and O–H groups in total. The van der Waals surface area contributed by atoms with Crippen LogP contribution in [0.4, 0.5) is 5.69 Å². The highest BCUT2D eigenvalue weighted by Crippen LogP contribution is 2.23. The molecular formula is C11H9BrN2O2S2. The first-order valence-corrected chi connectivity index (χ1v) is 7.19. The number of halogens is 1. The molecule has 94 valence electrons. The summed E-state index contributed by atoms with van der Waals surface area (Å²) in [4.78, 5) is 23.2. The Kier molecular flexibility index (Phi) is 4.36. The zero-order chi connectivity index (χ0) is 13.1. The van der Waals surface area contributed by atoms with Crippen molar-refractivity contribution in [2.24, 2.45) is 0 Å². The van der Waals surface area contributed by atoms with Gasteiger partial charge in [0.1, 0.15) is 4.32 Å². The van der Waals surface area contributed by atoms with Crippen molar-refractivity contribution in [2.75, 3.05) is 5.32 Å². The lowest BCUT2D eigenvalue weighted by Gasteiger charge is -2.07. The average Bonchev–Trinajstić information content (AvgIpc) is 2.61. The Bertz CT molecular complexity index is 504. The highest BCUT2D eigenvalue weighted by Gasteiger charge is 2.30. The Balaban J connectivity index is 1.91. The van der Waals surface area contributed by atoms with Crippen LogP contribution in [0.1, 0.15) is 6.42 Å². The van der Waals surface area contributed by atoms with E-state index < -0.39 is 5.25 Å². The standard InChI is InChI=1S/C11H9BrN2O2S2/c12-6-1-3-7(4-2-6)13-9(15)5-8-10(16)14-11(17)18-8/h1-4,8H,5H2,(H,13,15)(H,14,16,17). The van der Waals surface area contributed by atoms with E-state index in [1.54, 1.807) is 12.1 Å². The number of thioether (sulfide) groups is 1. The van der Waals surface area contributed by atoms with Crippen molar-refractivity contribution in [3.05, 3.63) is 28.7 Å². The van der Waals surface area contributed by atoms with Gasteiger partial charge in [-0.1, -0.05) is 39.9 Å². The maximum absolute atomic E-state index is 11.7. The van der Waals surface area contributed by atoms with Gasteiger partial charge in [0.25, 0.3) is 0 Å². The van der Waals surface area contributed by atoms with Crippen molar-refractivity contribution in [3.8, 4) is 0 Å². The van der Waals surface area contributed by atoms with E-state index >= 15 is 0 Å². The van der Waals surface area contributed by atoms with Crippen LogP contribution in [0.2, 0.25) is 0 Å². The fourth-order valence-electron chi connectivity index (χ4n) is 1.44. The van der Waals surface area contributed by atoms with E-state index in [-0.39, 0.29) is 18.2 Å². The number of hydrogen-bond acceptors (Lipinski definition) is 4. The summed E-state index contributed by atoms with van der Waals surface area (Å²) >= 11 is 9.40. The van der Waals surface area contributed by atoms with Crippen LogP contribution in [0.5, 0.6) is 0 Å². The molecule has 1 aliphatic heterocycles. The van der Waals surface area contributed by atoms with Gasteiger partial charge in [-0.15, -0.1) is 0 Å². The summed E-state index contributed by atoms with van der Waals surface area (Å²) in [6.07, 6.45) is 0.118. The predicted molar refractivity (Wildman–Crippen MR) is 79.5 cm³/mol. The molecule has 0 aliphatic carbocycles. The van der Waals surface area contributed by atoms with Crippen molar-refractivity contribution in [2.45, 2.75) is 11.7 Å². The third-order valence-corrected chi connectivity index (χ3v) is 4.17. The summed E-state index contributed by atoms with van der Waals surface area (Å²) in [6.45, 7) is 0. The number of amides is 2. The van der Waals surface area contributed by atoms with Crippen LogP contribution in [0.25, 0.3) is 0 Å². The largest absolute Gasteiger partial charge is 0.326 e. The number of anilines is 1. The van der Waals surface area contributed by atoms with Crippen molar-refractivity contribution < 1.29 is 9.59 Å². The molecule has 2 amide bonds. The lowest BCUT2D eigenvalue weighted by atomic mass is 10.2. The molecule has 1 fully saturated rings. The fourth-order valence-corrected chi connectivity index (χ4v) is 2.97. The molecule has 7 heteroatoms. The van der Waals surface area contributed by atoms with Crippen molar-refractivity contribution >= 4 is 61.7 Å². The molecule has 0 aromatic heterocycles. The van der Waals surface area contributed by atoms with Crippen LogP contribution in [-0.2, 0) is 9.59 Å². The van der Waals surface area contributed by atoms with Gasteiger partial charge < -0.3 is 10.6 Å². The van der Waals surface area contributed by atoms with Gasteiger partial charge in [-0.2, -0.15) is 0 Å². The molecular weight excluding hydrogens is 336 g/mol. The Morgan fingerprint density at radius 2 is 2.11 bits per heavy atom. The maximum atomic E-state index is 11.7. The van der Waals surface area contributed by atoms with Crippen LogP contribution in [-0.4, -0.2) is 21.4 Å². The van der Waals surface area contributed by atoms with Gasteiger partial charge in [0, 0.05) is 16.6 Å². The van der Waals surface area contributed by atoms with Crippen LogP contribution in [0.3, 0.4) is 0 Å². The SMILES string of the molecule is O=C(CC1SC(=S)NC1=O)Nc1ccc(Br)cc1. The Hall–Kier alpha value is -0.920. The first-order chi connectivity index (χ1) is 8.54. The van der Waals surface area contributed by atoms with E-state index in [0.717, 1.165) is 4.47 Å². The van der Waals surface area contributed by atoms with Crippen molar-refractivity contribution in [1.82, 2.24) is 5.32 Å². The molecule has 0 spiro atoms. The molecule has 18 heavy (non-hydrogen) atoms. The summed E-state index contributed by atoms with van der Waals surface area (Å²) < 4.78 is 1.37. The van der Waals surface area contributed by atoms with Crippen LogP contribution in [0, 0.1) is 0 Å². The summed E-state index contributed by atoms with van der Waals surface area (Å²) in [5.74, 6) is -0.398. The Morgan fingerprint density at radius 3 is 2.67 bits per heavy atom. The van der Waals surface area contributed by atoms with E-state index in [0.29, 0.717) is 10.0 Å². The summed E-state index contributed by atoms with van der Waals surface area (Å²) in [6, 6.07) is 7.24. The molecule has 1 atom stereocenters. The smallest absolute Gasteiger partial charge is 0.239 e. The Labute approximate surface area is 122 Å². The number of thiocarbonyl (C=S) groups is 1. The number of benzene rings is 1. The molecule has 1 aromatic carbocycles. The normalized spacial score (nSPS) is 18.6. The van der Waals surface area contributed by atoms with Gasteiger partial charge in [0.15, 0.2) is 0 Å². The van der Waals surface area contributed by atoms with Gasteiger partial charge in [0.2, 0.25) is 11.8 Å². The number of carbonyl (C=O) groups excluding carboxylic acids is 2. The summed E-state index contributed by atoms with van der Waals surface area (Å²) in [5, 5.41) is 4.82. The molecule has 1 saturated heterocycles. The van der Waals surface area contributed by atoms with E-state index in [4.69, 9.17) is 12.2 Å². The number of nitrogens with one attached hydrogen (secondary N) is 2. The molecule has 1 unspecified atom stereocenters. The Morgan fingerprint density at radius 1 is 1.44 bits per heavy atom. The minimum absolute atomic E-state index is 0.118. The monoisotopic (exact) mass is 344 g/mol. The minimum atomic E-state index is -0.423. The van der Waals surface area contributed by atoms with Crippen LogP contribution >= 0.6 is 39.9 Å². The highest BCUT2D eigenvalue weighted by molar-refractivity contribution is 9.10. The second-order valence-corrected chi connectivity index (χ2v) is 6.44. The van der Waals surface area contributed by atoms with E-state index in [9.17, 15) is 9.59 Å². The number of carbonyl (C=O) groups is 2. The molecule has 1 heterocycles. The third kappa shape index (κ3) is 3.54. The molecule has 1 aromatic rings. The van der Waals surface area contributed by atoms with Gasteiger partial charge in [-0.3, -0.25) is 9.59 Å². The first kappa shape index (κ1) is 13.5. The van der Waals surface area contributed by atoms with Crippen molar-refractivity contribution in [3.63, 3.8) is 0 Å². The van der Waals surface area contributed by atoms with Crippen molar-refractivity contribution in [1.29, 1.82) is 0 Å². The lowest BCUT2D eigenvalue weighted by molar-refractivity contribution is -0.122.